The molecule has 0 N–H and O–H groups in total. The van der Waals surface area contributed by atoms with Crippen molar-refractivity contribution in [2.24, 2.45) is 0 Å². The first kappa shape index (κ1) is 56.6. The van der Waals surface area contributed by atoms with Gasteiger partial charge in [-0.05, 0) is 182 Å². The molecule has 0 heterocycles. The van der Waals surface area contributed by atoms with E-state index in [9.17, 15) is 79.4 Å². The highest BCUT2D eigenvalue weighted by atomic mass is 127. The van der Waals surface area contributed by atoms with Crippen molar-refractivity contribution in [3.8, 4) is 0 Å². The minimum Gasteiger partial charge on any atom is -0.397 e. The highest BCUT2D eigenvalue weighted by Crippen LogP contribution is 2.74. The summed E-state index contributed by atoms with van der Waals surface area (Å²) in [4.78, 5) is 12.2. The van der Waals surface area contributed by atoms with Crippen LogP contribution in [0, 0.1) is 21.4 Å². The van der Waals surface area contributed by atoms with Crippen molar-refractivity contribution in [1.29, 1.82) is 0 Å². The Morgan fingerprint density at radius 3 is 0.935 bits per heavy atom. The minimum absolute atomic E-state index is 0.0826. The summed E-state index contributed by atoms with van der Waals surface area (Å²) in [5.41, 5.74) is 0. The van der Waals surface area contributed by atoms with Gasteiger partial charge in [-0.15, -0.1) is 0 Å². The molecule has 0 aromatic heterocycles. The fourth-order valence-electron chi connectivity index (χ4n) is 4.74. The lowest BCUT2D eigenvalue weighted by Crippen LogP contribution is -2.78. The molecule has 0 unspecified atom stereocenters. The molecule has 0 aliphatic carbocycles. The predicted molar refractivity (Wildman–Crippen MR) is 220 cm³/mol. The van der Waals surface area contributed by atoms with Crippen molar-refractivity contribution in [3.63, 3.8) is 0 Å². The summed E-state index contributed by atoms with van der Waals surface area (Å²) >= 11 is 9.49. The first-order valence-electron chi connectivity index (χ1n) is 14.6. The molecule has 0 amide bonds. The standard InChI is InChI=1S/C30H9F23I6O2S/c31-20(32,19(60)61-62(12-4-2-1-3-5-12,17-13(56)6-10(54)7-14(17)57)18-15(58)8-11(55)9-16(18)59)21(33,34)22(35,36)23(37,38)24(39,40)25(41,42)26(43,44)27(45,46)28(47,48)29(49,50)30(51,52)53/h1-9H. The average Bonchev–Trinajstić information content (AvgIpc) is 3.09. The largest absolute Gasteiger partial charge is 0.460 e. The third-order valence-electron chi connectivity index (χ3n) is 7.94. The zero-order chi connectivity index (χ0) is 48.8. The van der Waals surface area contributed by atoms with E-state index >= 15 is 26.3 Å². The van der Waals surface area contributed by atoms with E-state index in [4.69, 9.17) is 4.18 Å². The van der Waals surface area contributed by atoms with Gasteiger partial charge in [0.2, 0.25) is 0 Å². The first-order valence-corrected chi connectivity index (χ1v) is 22.7. The van der Waals surface area contributed by atoms with Crippen molar-refractivity contribution in [1.82, 2.24) is 0 Å². The summed E-state index contributed by atoms with van der Waals surface area (Å²) in [6.07, 6.45) is -8.17. The molecule has 0 saturated heterocycles. The molecule has 0 fully saturated rings. The van der Waals surface area contributed by atoms with Gasteiger partial charge in [0.05, 0.1) is 9.79 Å². The summed E-state index contributed by atoms with van der Waals surface area (Å²) < 4.78 is 332. The Labute approximate surface area is 413 Å². The molecule has 3 aromatic carbocycles. The molecule has 32 heteroatoms. The molecule has 3 rings (SSSR count). The molecular formula is C30H9F23I6O2S. The second kappa shape index (κ2) is 17.6. The van der Waals surface area contributed by atoms with Gasteiger partial charge in [0.15, 0.2) is 0 Å². The van der Waals surface area contributed by atoms with Crippen molar-refractivity contribution in [2.45, 2.75) is 80.1 Å². The van der Waals surface area contributed by atoms with Gasteiger partial charge in [0, 0.05) is 26.3 Å². The van der Waals surface area contributed by atoms with Crippen LogP contribution in [0.1, 0.15) is 0 Å². The van der Waals surface area contributed by atoms with E-state index in [2.05, 4.69) is 0 Å². The van der Waals surface area contributed by atoms with Crippen LogP contribution in [0.3, 0.4) is 0 Å². The topological polar surface area (TPSA) is 26.3 Å². The van der Waals surface area contributed by atoms with Crippen LogP contribution in [-0.4, -0.2) is 71.4 Å². The van der Waals surface area contributed by atoms with Gasteiger partial charge < -0.3 is 4.18 Å². The van der Waals surface area contributed by atoms with E-state index in [1.54, 1.807) is 45.2 Å². The van der Waals surface area contributed by atoms with Gasteiger partial charge >= 0.3 is 71.4 Å². The Bertz CT molecular complexity index is 2100. The molecule has 3 aromatic rings. The fraction of sp³-hybridized carbons (Fsp3) is 0.367. The van der Waals surface area contributed by atoms with E-state index in [0.717, 1.165) is 24.3 Å². The molecule has 0 aliphatic rings. The number of alkyl halides is 23. The molecule has 0 spiro atoms. The third kappa shape index (κ3) is 8.34. The Hall–Kier alpha value is 0.250. The van der Waals surface area contributed by atoms with Crippen LogP contribution < -0.4 is 0 Å². The van der Waals surface area contributed by atoms with Crippen molar-refractivity contribution >= 4 is 152 Å². The zero-order valence-electron chi connectivity index (χ0n) is 27.9. The predicted octanol–water partition coefficient (Wildman–Crippen LogP) is 16.0. The summed E-state index contributed by atoms with van der Waals surface area (Å²) in [5.74, 6) is -94.7. The molecule has 0 saturated carbocycles. The number of halogens is 29. The molecule has 0 atom stereocenters. The van der Waals surface area contributed by atoms with Crippen LogP contribution >= 0.6 is 146 Å². The molecule has 350 valence electrons. The lowest BCUT2D eigenvalue weighted by atomic mass is 9.85. The van der Waals surface area contributed by atoms with E-state index in [1.165, 1.54) is 121 Å². The summed E-state index contributed by atoms with van der Waals surface area (Å²) in [7, 11) is -4.53. The lowest BCUT2D eigenvalue weighted by Gasteiger charge is -2.45. The quantitative estimate of drug-likeness (QED) is 0.119. The number of rotatable bonds is 14. The van der Waals surface area contributed by atoms with Crippen LogP contribution in [-0.2, 0) is 8.98 Å². The molecule has 0 radical (unpaired) electrons. The molecule has 0 bridgehead atoms. The van der Waals surface area contributed by atoms with Gasteiger partial charge in [0.1, 0.15) is 0 Å². The van der Waals surface area contributed by atoms with E-state index in [-0.39, 0.29) is 14.3 Å². The van der Waals surface area contributed by atoms with E-state index < -0.39 is 96.4 Å². The first-order chi connectivity index (χ1) is 27.4. The van der Waals surface area contributed by atoms with Crippen LogP contribution in [0.2, 0.25) is 0 Å². The second-order valence-electron chi connectivity index (χ2n) is 11.9. The Morgan fingerprint density at radius 2 is 0.661 bits per heavy atom. The summed E-state index contributed by atoms with van der Waals surface area (Å²) in [6.45, 7) is 0. The van der Waals surface area contributed by atoms with Crippen LogP contribution in [0.25, 0.3) is 0 Å². The SMILES string of the molecule is O=C(OS(c1ccccc1)(c1c(I)cc(I)cc1I)c1c(I)cc(I)cc1I)C(F)(F)C(F)(F)C(F)(F)C(F)(F)C(F)(F)C(F)(F)C(F)(F)C(F)(F)C(F)(F)C(F)(F)C(F)(F)F. The molecule has 2 nitrogen and oxygen atoms in total. The second-order valence-corrected chi connectivity index (χ2v) is 21.6. The van der Waals surface area contributed by atoms with Crippen LogP contribution in [0.15, 0.2) is 69.3 Å². The maximum Gasteiger partial charge on any atom is 0.460 e. The normalized spacial score (nSPS) is 15.2. The Balaban J connectivity index is 2.37. The molecular weight excluding hydrogens is 1620 g/mol. The highest BCUT2D eigenvalue weighted by molar-refractivity contribution is 14.1. The summed E-state index contributed by atoms with van der Waals surface area (Å²) in [6, 6.07) is 10.5. The Morgan fingerprint density at radius 1 is 0.403 bits per heavy atom. The lowest BCUT2D eigenvalue weighted by molar-refractivity contribution is -0.477. The van der Waals surface area contributed by atoms with E-state index in [0.29, 0.717) is 7.14 Å². The number of hydrogen-bond acceptors (Lipinski definition) is 2. The number of benzene rings is 3. The summed E-state index contributed by atoms with van der Waals surface area (Å²) in [5, 5.41) is 0. The monoisotopic (exact) mass is 1630 g/mol. The minimum atomic E-state index is -9.57. The smallest absolute Gasteiger partial charge is 0.397 e. The number of carbonyl (C=O) groups excluding carboxylic acids is 1. The third-order valence-corrected chi connectivity index (χ3v) is 17.4. The van der Waals surface area contributed by atoms with Gasteiger partial charge in [-0.25, -0.2) is 4.79 Å². The molecule has 62 heavy (non-hydrogen) atoms. The number of carbonyl (C=O) groups is 1. The fourth-order valence-corrected chi connectivity index (χ4v) is 18.8. The Kier molecular flexibility index (Phi) is 16.1. The van der Waals surface area contributed by atoms with Gasteiger partial charge in [-0.1, -0.05) is 18.2 Å². The molecule has 0 aliphatic heterocycles. The van der Waals surface area contributed by atoms with Crippen LogP contribution in [0.4, 0.5) is 101 Å². The van der Waals surface area contributed by atoms with Crippen molar-refractivity contribution < 1.29 is 110 Å². The number of hydrogen-bond donors (Lipinski definition) is 0. The van der Waals surface area contributed by atoms with Gasteiger partial charge in [-0.2, -0.15) is 101 Å². The van der Waals surface area contributed by atoms with E-state index in [1.807, 2.05) is 0 Å². The average molecular weight is 1630 g/mol. The highest BCUT2D eigenvalue weighted by Gasteiger charge is 2.99. The van der Waals surface area contributed by atoms with Gasteiger partial charge in [-0.3, -0.25) is 0 Å². The maximum atomic E-state index is 15.7. The van der Waals surface area contributed by atoms with Gasteiger partial charge in [0.25, 0.3) is 0 Å². The maximum absolute atomic E-state index is 15.7. The van der Waals surface area contributed by atoms with Crippen molar-refractivity contribution in [3.05, 3.63) is 76.0 Å². The van der Waals surface area contributed by atoms with Crippen molar-refractivity contribution in [2.75, 3.05) is 0 Å². The van der Waals surface area contributed by atoms with Crippen LogP contribution in [0.5, 0.6) is 0 Å². The zero-order valence-corrected chi connectivity index (χ0v) is 41.6.